The van der Waals surface area contributed by atoms with Gasteiger partial charge in [0, 0.05) is 12.8 Å². The van der Waals surface area contributed by atoms with Crippen LogP contribution >= 0.6 is 7.82 Å². The fraction of sp³-hybridized carbons (Fsp3) is 0.848. The zero-order chi connectivity index (χ0) is 42.8. The van der Waals surface area contributed by atoms with E-state index in [-0.39, 0.29) is 19.4 Å². The molecule has 11 nitrogen and oxygen atoms in total. The lowest BCUT2D eigenvalue weighted by atomic mass is 10.1. The van der Waals surface area contributed by atoms with Crippen LogP contribution in [0.1, 0.15) is 219 Å². The third-order valence-corrected chi connectivity index (χ3v) is 11.1. The third-order valence-electron chi connectivity index (χ3n) is 10.2. The van der Waals surface area contributed by atoms with E-state index in [9.17, 15) is 23.8 Å². The zero-order valence-electron chi connectivity index (χ0n) is 36.9. The van der Waals surface area contributed by atoms with Crippen LogP contribution < -0.4 is 5.73 Å². The monoisotopic (exact) mass is 844 g/mol. The molecule has 0 aromatic rings. The van der Waals surface area contributed by atoms with Crippen molar-refractivity contribution in [1.29, 1.82) is 0 Å². The van der Waals surface area contributed by atoms with Gasteiger partial charge in [-0.3, -0.25) is 23.4 Å². The Morgan fingerprint density at radius 1 is 0.517 bits per heavy atom. The number of hydrogen-bond donors (Lipinski definition) is 3. The first-order valence-corrected chi connectivity index (χ1v) is 24.9. The van der Waals surface area contributed by atoms with Crippen LogP contribution in [0.25, 0.3) is 0 Å². The molecule has 58 heavy (non-hydrogen) atoms. The Bertz CT molecular complexity index is 1080. The standard InChI is InChI=1S/C46H86NO10P/c1-3-5-7-9-11-13-15-17-19-20-21-22-24-25-27-29-31-33-35-37-44(48)54-39-42(40-55-58(52,53)56-41-43(47)46(50)51)57-45(49)38-36-34-32-30-28-26-23-18-16-14-12-10-8-6-4-2/h17,19,26,28,42-43H,3-16,18,20-25,27,29-41,47H2,1-2H3,(H,50,51)(H,52,53)/b19-17+,28-26+/t42-,43+/m1/s1. The lowest BCUT2D eigenvalue weighted by molar-refractivity contribution is -0.161. The van der Waals surface area contributed by atoms with Gasteiger partial charge in [0.05, 0.1) is 13.2 Å². The molecule has 1 unspecified atom stereocenters. The minimum Gasteiger partial charge on any atom is -0.480 e. The minimum atomic E-state index is -4.72. The van der Waals surface area contributed by atoms with Crippen LogP contribution in [0.3, 0.4) is 0 Å². The molecule has 0 fully saturated rings. The SMILES string of the molecule is CCCCCCCC/C=C/CCCCCCCCCCCC(=O)OC[C@H](COP(=O)(O)OC[C@H](N)C(=O)O)OC(=O)CCCCC/C=C/CCCCCCCCCC. The largest absolute Gasteiger partial charge is 0.480 e. The molecular weight excluding hydrogens is 757 g/mol. The summed E-state index contributed by atoms with van der Waals surface area (Å²) >= 11 is 0. The Morgan fingerprint density at radius 2 is 0.862 bits per heavy atom. The summed E-state index contributed by atoms with van der Waals surface area (Å²) in [6.07, 6.45) is 43.8. The number of carboxylic acids is 1. The van der Waals surface area contributed by atoms with E-state index in [2.05, 4.69) is 42.7 Å². The van der Waals surface area contributed by atoms with Gasteiger partial charge in [0.25, 0.3) is 0 Å². The number of carboxylic acid groups (broad SMARTS) is 1. The summed E-state index contributed by atoms with van der Waals surface area (Å²) in [6.45, 7) is 2.80. The number of rotatable bonds is 44. The first kappa shape index (κ1) is 56.0. The smallest absolute Gasteiger partial charge is 0.472 e. The van der Waals surface area contributed by atoms with Crippen molar-refractivity contribution in [2.45, 2.75) is 231 Å². The molecule has 0 aromatic heterocycles. The molecule has 12 heteroatoms. The molecule has 0 saturated heterocycles. The summed E-state index contributed by atoms with van der Waals surface area (Å²) in [4.78, 5) is 46.0. The average Bonchev–Trinajstić information content (AvgIpc) is 3.20. The van der Waals surface area contributed by atoms with Gasteiger partial charge >= 0.3 is 25.7 Å². The van der Waals surface area contributed by atoms with Crippen LogP contribution in [0.4, 0.5) is 0 Å². The molecule has 340 valence electrons. The summed E-state index contributed by atoms with van der Waals surface area (Å²) < 4.78 is 32.7. The predicted molar refractivity (Wildman–Crippen MR) is 236 cm³/mol. The van der Waals surface area contributed by atoms with E-state index in [1.54, 1.807) is 0 Å². The molecule has 0 aliphatic heterocycles. The lowest BCUT2D eigenvalue weighted by Gasteiger charge is -2.20. The second kappa shape index (κ2) is 41.7. The Kier molecular flexibility index (Phi) is 40.2. The van der Waals surface area contributed by atoms with Crippen molar-refractivity contribution in [3.05, 3.63) is 24.3 Å². The topological polar surface area (TPSA) is 172 Å². The van der Waals surface area contributed by atoms with E-state index in [1.807, 2.05) is 0 Å². The quantitative estimate of drug-likeness (QED) is 0.0231. The maximum absolute atomic E-state index is 12.6. The molecule has 4 N–H and O–H groups in total. The van der Waals surface area contributed by atoms with Gasteiger partial charge in [0.15, 0.2) is 6.10 Å². The molecule has 0 spiro atoms. The van der Waals surface area contributed by atoms with Gasteiger partial charge in [0.2, 0.25) is 0 Å². The summed E-state index contributed by atoms with van der Waals surface area (Å²) in [7, 11) is -4.72. The van der Waals surface area contributed by atoms with Crippen molar-refractivity contribution >= 4 is 25.7 Å². The van der Waals surface area contributed by atoms with E-state index in [4.69, 9.17) is 24.8 Å². The van der Waals surface area contributed by atoms with E-state index >= 15 is 0 Å². The summed E-state index contributed by atoms with van der Waals surface area (Å²) in [5, 5.41) is 8.90. The van der Waals surface area contributed by atoms with Crippen LogP contribution in [0.2, 0.25) is 0 Å². The third kappa shape index (κ3) is 40.7. The molecule has 0 amide bonds. The van der Waals surface area contributed by atoms with Crippen molar-refractivity contribution in [3.63, 3.8) is 0 Å². The molecule has 0 saturated carbocycles. The van der Waals surface area contributed by atoms with Gasteiger partial charge in [0.1, 0.15) is 12.6 Å². The highest BCUT2D eigenvalue weighted by molar-refractivity contribution is 7.47. The molecule has 0 heterocycles. The lowest BCUT2D eigenvalue weighted by Crippen LogP contribution is -2.34. The second-order valence-electron chi connectivity index (χ2n) is 15.9. The van der Waals surface area contributed by atoms with E-state index < -0.39 is 51.1 Å². The molecule has 0 aromatic carbocycles. The molecular formula is C46H86NO10P. The Balaban J connectivity index is 4.31. The van der Waals surface area contributed by atoms with Gasteiger partial charge < -0.3 is 25.2 Å². The van der Waals surface area contributed by atoms with Crippen molar-refractivity contribution in [2.75, 3.05) is 19.8 Å². The highest BCUT2D eigenvalue weighted by Crippen LogP contribution is 2.43. The first-order chi connectivity index (χ1) is 28.1. The van der Waals surface area contributed by atoms with Crippen LogP contribution in [0, 0.1) is 0 Å². The van der Waals surface area contributed by atoms with Crippen molar-refractivity contribution in [2.24, 2.45) is 5.73 Å². The number of phosphoric ester groups is 1. The highest BCUT2D eigenvalue weighted by atomic mass is 31.2. The van der Waals surface area contributed by atoms with E-state index in [0.29, 0.717) is 12.8 Å². The Morgan fingerprint density at radius 3 is 1.28 bits per heavy atom. The number of phosphoric acid groups is 1. The Hall–Kier alpha value is -2.04. The number of aliphatic carboxylic acids is 1. The fourth-order valence-electron chi connectivity index (χ4n) is 6.47. The van der Waals surface area contributed by atoms with E-state index in [1.165, 1.54) is 135 Å². The Labute approximate surface area is 353 Å². The molecule has 0 bridgehead atoms. The summed E-state index contributed by atoms with van der Waals surface area (Å²) in [5.41, 5.74) is 5.34. The van der Waals surface area contributed by atoms with Gasteiger partial charge in [-0.2, -0.15) is 0 Å². The maximum atomic E-state index is 12.6. The van der Waals surface area contributed by atoms with Gasteiger partial charge in [-0.25, -0.2) is 4.57 Å². The summed E-state index contributed by atoms with van der Waals surface area (Å²) in [6, 6.07) is -1.52. The van der Waals surface area contributed by atoms with Crippen LogP contribution in [-0.2, 0) is 37.5 Å². The van der Waals surface area contributed by atoms with Gasteiger partial charge in [-0.15, -0.1) is 0 Å². The second-order valence-corrected chi connectivity index (χ2v) is 17.3. The normalized spacial score (nSPS) is 13.9. The molecule has 0 aliphatic carbocycles. The number of ether oxygens (including phenoxy) is 2. The van der Waals surface area contributed by atoms with E-state index in [0.717, 1.165) is 44.9 Å². The number of allylic oxidation sites excluding steroid dienone is 4. The average molecular weight is 844 g/mol. The molecule has 0 radical (unpaired) electrons. The number of esters is 2. The van der Waals surface area contributed by atoms with Gasteiger partial charge in [-0.05, 0) is 64.2 Å². The van der Waals surface area contributed by atoms with Crippen molar-refractivity contribution < 1.29 is 47.5 Å². The molecule has 0 aliphatic rings. The minimum absolute atomic E-state index is 0.143. The van der Waals surface area contributed by atoms with Crippen LogP contribution in [0.15, 0.2) is 24.3 Å². The van der Waals surface area contributed by atoms with Gasteiger partial charge in [-0.1, -0.05) is 167 Å². The highest BCUT2D eigenvalue weighted by Gasteiger charge is 2.28. The number of carbonyl (C=O) groups is 3. The van der Waals surface area contributed by atoms with Crippen molar-refractivity contribution in [1.82, 2.24) is 0 Å². The molecule has 3 atom stereocenters. The predicted octanol–water partition coefficient (Wildman–Crippen LogP) is 12.6. The zero-order valence-corrected chi connectivity index (χ0v) is 37.8. The number of carbonyl (C=O) groups excluding carboxylic acids is 2. The van der Waals surface area contributed by atoms with Crippen LogP contribution in [-0.4, -0.2) is 59.9 Å². The number of unbranched alkanes of at least 4 members (excludes halogenated alkanes) is 26. The number of nitrogens with two attached hydrogens (primary N) is 1. The number of hydrogen-bond acceptors (Lipinski definition) is 9. The van der Waals surface area contributed by atoms with Crippen molar-refractivity contribution in [3.8, 4) is 0 Å². The first-order valence-electron chi connectivity index (χ1n) is 23.4. The maximum Gasteiger partial charge on any atom is 0.472 e. The van der Waals surface area contributed by atoms with Crippen LogP contribution in [0.5, 0.6) is 0 Å². The molecule has 0 rings (SSSR count). The summed E-state index contributed by atoms with van der Waals surface area (Å²) in [5.74, 6) is -2.39. The fourth-order valence-corrected chi connectivity index (χ4v) is 7.24.